The normalized spacial score (nSPS) is 13.4. The van der Waals surface area contributed by atoms with E-state index in [1.807, 2.05) is 55.2 Å². The molecule has 0 saturated heterocycles. The van der Waals surface area contributed by atoms with Crippen molar-refractivity contribution in [3.63, 3.8) is 0 Å². The van der Waals surface area contributed by atoms with Gasteiger partial charge in [-0.05, 0) is 55.3 Å². The van der Waals surface area contributed by atoms with E-state index in [9.17, 15) is 4.79 Å². The summed E-state index contributed by atoms with van der Waals surface area (Å²) in [5.74, 6) is 1.07. The summed E-state index contributed by atoms with van der Waals surface area (Å²) < 4.78 is 0. The standard InChI is InChI=1S/C22H20ClN5O/c1-4-28-20-17(22(29)27(3)18-7-8-19(23)26-21(18)28)12-16(13-25-20)6-5-15-9-10-24-14(2)11-15/h5-13H,4H2,1-3H3. The van der Waals surface area contributed by atoms with Crippen molar-refractivity contribution >= 4 is 47.0 Å². The van der Waals surface area contributed by atoms with Gasteiger partial charge in [-0.3, -0.25) is 9.78 Å². The molecule has 4 rings (SSSR count). The summed E-state index contributed by atoms with van der Waals surface area (Å²) in [7, 11) is 1.74. The van der Waals surface area contributed by atoms with E-state index >= 15 is 0 Å². The Hall–Kier alpha value is -3.25. The lowest BCUT2D eigenvalue weighted by Crippen LogP contribution is -2.25. The van der Waals surface area contributed by atoms with Crippen molar-refractivity contribution in [1.29, 1.82) is 0 Å². The number of fused-ring (bicyclic) bond motifs is 2. The number of hydrogen-bond acceptors (Lipinski definition) is 5. The largest absolute Gasteiger partial charge is 0.309 e. The first-order valence-corrected chi connectivity index (χ1v) is 9.68. The second-order valence-corrected chi connectivity index (χ2v) is 7.18. The van der Waals surface area contributed by atoms with Gasteiger partial charge >= 0.3 is 0 Å². The molecule has 3 aromatic heterocycles. The average Bonchev–Trinajstić information content (AvgIpc) is 2.80. The Kier molecular flexibility index (Phi) is 5.03. The molecule has 4 heterocycles. The van der Waals surface area contributed by atoms with E-state index in [0.29, 0.717) is 34.6 Å². The van der Waals surface area contributed by atoms with Crippen LogP contribution in [0.25, 0.3) is 12.2 Å². The fourth-order valence-corrected chi connectivity index (χ4v) is 3.51. The Balaban J connectivity index is 1.79. The summed E-state index contributed by atoms with van der Waals surface area (Å²) in [6.45, 7) is 4.55. The summed E-state index contributed by atoms with van der Waals surface area (Å²) in [5, 5.41) is 0.374. The molecule has 0 unspecified atom stereocenters. The van der Waals surface area contributed by atoms with Gasteiger partial charge in [-0.2, -0.15) is 0 Å². The number of pyridine rings is 3. The monoisotopic (exact) mass is 405 g/mol. The Bertz CT molecular complexity index is 1130. The van der Waals surface area contributed by atoms with Crippen LogP contribution >= 0.6 is 11.6 Å². The van der Waals surface area contributed by atoms with Crippen molar-refractivity contribution in [2.75, 3.05) is 23.4 Å². The number of aryl methyl sites for hydroxylation is 1. The molecule has 1 amide bonds. The van der Waals surface area contributed by atoms with Gasteiger partial charge in [0.15, 0.2) is 5.82 Å². The zero-order chi connectivity index (χ0) is 20.5. The molecule has 0 aliphatic carbocycles. The first-order chi connectivity index (χ1) is 14.0. The molecule has 0 fully saturated rings. The maximum atomic E-state index is 13.2. The van der Waals surface area contributed by atoms with Crippen LogP contribution in [0.4, 0.5) is 17.3 Å². The summed E-state index contributed by atoms with van der Waals surface area (Å²) >= 11 is 6.12. The third-order valence-electron chi connectivity index (χ3n) is 4.82. The van der Waals surface area contributed by atoms with E-state index < -0.39 is 0 Å². The number of anilines is 3. The lowest BCUT2D eigenvalue weighted by Gasteiger charge is -2.22. The molecule has 7 heteroatoms. The maximum Gasteiger partial charge on any atom is 0.261 e. The second-order valence-electron chi connectivity index (χ2n) is 6.79. The zero-order valence-corrected chi connectivity index (χ0v) is 17.2. The van der Waals surface area contributed by atoms with Crippen molar-refractivity contribution in [3.8, 4) is 0 Å². The van der Waals surface area contributed by atoms with Gasteiger partial charge in [0.2, 0.25) is 0 Å². The highest BCUT2D eigenvalue weighted by Gasteiger charge is 2.30. The minimum absolute atomic E-state index is 0.135. The van der Waals surface area contributed by atoms with Crippen LogP contribution in [-0.4, -0.2) is 34.5 Å². The van der Waals surface area contributed by atoms with Gasteiger partial charge in [0.05, 0.1) is 11.3 Å². The van der Waals surface area contributed by atoms with Crippen LogP contribution in [0.1, 0.15) is 34.1 Å². The van der Waals surface area contributed by atoms with Gasteiger partial charge in [0, 0.05) is 31.7 Å². The third kappa shape index (κ3) is 3.59. The number of carbonyl (C=O) groups excluding carboxylic acids is 1. The van der Waals surface area contributed by atoms with Gasteiger partial charge in [-0.15, -0.1) is 0 Å². The molecule has 0 spiro atoms. The number of carbonyl (C=O) groups is 1. The summed E-state index contributed by atoms with van der Waals surface area (Å²) in [6.07, 6.45) is 7.46. The van der Waals surface area contributed by atoms with Crippen LogP contribution in [0.2, 0.25) is 5.15 Å². The molecule has 0 aromatic carbocycles. The van der Waals surface area contributed by atoms with Crippen LogP contribution in [0, 0.1) is 6.92 Å². The smallest absolute Gasteiger partial charge is 0.261 e. The SMILES string of the molecule is CCN1c2ncc(C=Cc3ccnc(C)c3)cc2C(=O)N(C)c2ccc(Cl)nc21. The molecule has 0 bridgehead atoms. The first kappa shape index (κ1) is 19.1. The van der Waals surface area contributed by atoms with E-state index in [4.69, 9.17) is 11.6 Å². The molecule has 3 aromatic rings. The lowest BCUT2D eigenvalue weighted by molar-refractivity contribution is 0.0994. The molecular formula is C22H20ClN5O. The van der Waals surface area contributed by atoms with E-state index in [1.54, 1.807) is 30.4 Å². The second kappa shape index (κ2) is 7.64. The number of rotatable bonds is 3. The van der Waals surface area contributed by atoms with Crippen LogP contribution in [0.5, 0.6) is 0 Å². The summed E-state index contributed by atoms with van der Waals surface area (Å²) in [4.78, 5) is 30.0. The Morgan fingerprint density at radius 1 is 1.07 bits per heavy atom. The van der Waals surface area contributed by atoms with Gasteiger partial charge in [0.25, 0.3) is 5.91 Å². The number of aromatic nitrogens is 3. The molecule has 0 N–H and O–H groups in total. The van der Waals surface area contributed by atoms with E-state index in [0.717, 1.165) is 16.8 Å². The minimum atomic E-state index is -0.135. The topological polar surface area (TPSA) is 62.2 Å². The molecule has 0 radical (unpaired) electrons. The van der Waals surface area contributed by atoms with Crippen LogP contribution in [0.15, 0.2) is 42.7 Å². The zero-order valence-electron chi connectivity index (χ0n) is 16.4. The Morgan fingerprint density at radius 3 is 2.62 bits per heavy atom. The third-order valence-corrected chi connectivity index (χ3v) is 5.03. The molecule has 6 nitrogen and oxygen atoms in total. The van der Waals surface area contributed by atoms with Crippen molar-refractivity contribution in [2.45, 2.75) is 13.8 Å². The summed E-state index contributed by atoms with van der Waals surface area (Å²) in [6, 6.07) is 9.29. The van der Waals surface area contributed by atoms with E-state index in [-0.39, 0.29) is 5.91 Å². The van der Waals surface area contributed by atoms with Crippen LogP contribution in [0.3, 0.4) is 0 Å². The number of halogens is 1. The fourth-order valence-electron chi connectivity index (χ4n) is 3.37. The lowest BCUT2D eigenvalue weighted by atomic mass is 10.1. The van der Waals surface area contributed by atoms with Crippen molar-refractivity contribution in [2.24, 2.45) is 0 Å². The highest BCUT2D eigenvalue weighted by Crippen LogP contribution is 2.38. The fraction of sp³-hybridized carbons (Fsp3) is 0.182. The minimum Gasteiger partial charge on any atom is -0.309 e. The van der Waals surface area contributed by atoms with Crippen molar-refractivity contribution in [1.82, 2.24) is 15.0 Å². The molecule has 0 atom stereocenters. The van der Waals surface area contributed by atoms with Gasteiger partial charge in [-0.25, -0.2) is 9.97 Å². The van der Waals surface area contributed by atoms with Crippen molar-refractivity contribution in [3.05, 3.63) is 70.3 Å². The number of hydrogen-bond donors (Lipinski definition) is 0. The molecule has 1 aliphatic heterocycles. The molecule has 0 saturated carbocycles. The average molecular weight is 406 g/mol. The highest BCUT2D eigenvalue weighted by molar-refractivity contribution is 6.29. The Labute approximate surface area is 174 Å². The predicted molar refractivity (Wildman–Crippen MR) is 117 cm³/mol. The molecular weight excluding hydrogens is 386 g/mol. The molecule has 146 valence electrons. The predicted octanol–water partition coefficient (Wildman–Crippen LogP) is 4.75. The number of nitrogens with zero attached hydrogens (tertiary/aromatic N) is 5. The molecule has 1 aliphatic rings. The van der Waals surface area contributed by atoms with Gasteiger partial charge < -0.3 is 9.80 Å². The van der Waals surface area contributed by atoms with E-state index in [1.165, 1.54) is 0 Å². The van der Waals surface area contributed by atoms with Crippen molar-refractivity contribution < 1.29 is 4.79 Å². The summed E-state index contributed by atoms with van der Waals surface area (Å²) in [5.41, 5.74) is 4.05. The van der Waals surface area contributed by atoms with Crippen LogP contribution in [-0.2, 0) is 0 Å². The highest BCUT2D eigenvalue weighted by atomic mass is 35.5. The quantitative estimate of drug-likeness (QED) is 0.588. The maximum absolute atomic E-state index is 13.2. The number of amides is 1. The first-order valence-electron chi connectivity index (χ1n) is 9.31. The van der Waals surface area contributed by atoms with Gasteiger partial charge in [0.1, 0.15) is 11.0 Å². The molecule has 29 heavy (non-hydrogen) atoms. The van der Waals surface area contributed by atoms with Gasteiger partial charge in [-0.1, -0.05) is 23.8 Å². The van der Waals surface area contributed by atoms with E-state index in [2.05, 4.69) is 15.0 Å². The Morgan fingerprint density at radius 2 is 1.86 bits per heavy atom. The van der Waals surface area contributed by atoms with Crippen LogP contribution < -0.4 is 9.80 Å².